The summed E-state index contributed by atoms with van der Waals surface area (Å²) in [6.45, 7) is 5.45. The third kappa shape index (κ3) is 4.06. The van der Waals surface area contributed by atoms with Gasteiger partial charge in [-0.25, -0.2) is 4.79 Å². The van der Waals surface area contributed by atoms with Crippen molar-refractivity contribution in [3.05, 3.63) is 68.2 Å². The molecule has 4 rings (SSSR count). The van der Waals surface area contributed by atoms with Crippen LogP contribution in [-0.4, -0.2) is 24.2 Å². The van der Waals surface area contributed by atoms with Crippen molar-refractivity contribution in [1.29, 1.82) is 0 Å². The highest BCUT2D eigenvalue weighted by Gasteiger charge is 2.20. The van der Waals surface area contributed by atoms with Crippen molar-refractivity contribution in [1.82, 2.24) is 4.90 Å². The van der Waals surface area contributed by atoms with Crippen LogP contribution in [0.5, 0.6) is 0 Å². The lowest BCUT2D eigenvalue weighted by Gasteiger charge is -2.25. The van der Waals surface area contributed by atoms with Gasteiger partial charge in [0.15, 0.2) is 0 Å². The Morgan fingerprint density at radius 3 is 2.85 bits per heavy atom. The Hall–Kier alpha value is -1.95. The van der Waals surface area contributed by atoms with Crippen LogP contribution in [-0.2, 0) is 17.8 Å². The van der Waals surface area contributed by atoms with Crippen molar-refractivity contribution in [2.24, 2.45) is 0 Å². The Balaban J connectivity index is 1.57. The molecule has 136 valence electrons. The van der Waals surface area contributed by atoms with Gasteiger partial charge in [-0.2, -0.15) is 11.3 Å². The molecule has 1 atom stereocenters. The van der Waals surface area contributed by atoms with Gasteiger partial charge in [0.05, 0.1) is 6.10 Å². The molecule has 4 nitrogen and oxygen atoms in total. The maximum absolute atomic E-state index is 11.7. The number of fused-ring (bicyclic) bond motifs is 1. The summed E-state index contributed by atoms with van der Waals surface area (Å²) in [5.41, 5.74) is 3.81. The molecule has 0 N–H and O–H groups in total. The molecule has 0 spiro atoms. The molecule has 1 saturated heterocycles. The highest BCUT2D eigenvalue weighted by atomic mass is 32.1. The summed E-state index contributed by atoms with van der Waals surface area (Å²) in [5, 5.41) is 5.31. The van der Waals surface area contributed by atoms with Crippen molar-refractivity contribution in [2.75, 3.05) is 13.2 Å². The quantitative estimate of drug-likeness (QED) is 0.606. The van der Waals surface area contributed by atoms with E-state index in [2.05, 4.69) is 33.9 Å². The summed E-state index contributed by atoms with van der Waals surface area (Å²) in [5.74, 6) is 0. The van der Waals surface area contributed by atoms with Crippen LogP contribution in [0.1, 0.15) is 29.5 Å². The van der Waals surface area contributed by atoms with Crippen molar-refractivity contribution < 1.29 is 9.15 Å². The van der Waals surface area contributed by atoms with Crippen molar-refractivity contribution in [2.45, 2.75) is 39.0 Å². The van der Waals surface area contributed by atoms with Gasteiger partial charge < -0.3 is 9.15 Å². The number of rotatable bonds is 6. The molecule has 1 fully saturated rings. The molecule has 1 aromatic carbocycles. The maximum Gasteiger partial charge on any atom is 0.336 e. The van der Waals surface area contributed by atoms with Gasteiger partial charge in [-0.15, -0.1) is 0 Å². The second kappa shape index (κ2) is 7.74. The topological polar surface area (TPSA) is 42.7 Å². The van der Waals surface area contributed by atoms with Crippen molar-refractivity contribution in [3.8, 4) is 0 Å². The average Bonchev–Trinajstić information content (AvgIpc) is 3.28. The molecule has 1 aliphatic rings. The van der Waals surface area contributed by atoms with E-state index in [9.17, 15) is 4.79 Å². The minimum absolute atomic E-state index is 0.290. The fourth-order valence-electron chi connectivity index (χ4n) is 3.63. The monoisotopic (exact) mass is 369 g/mol. The van der Waals surface area contributed by atoms with E-state index in [1.54, 1.807) is 17.4 Å². The number of nitrogens with zero attached hydrogens (tertiary/aromatic N) is 1. The van der Waals surface area contributed by atoms with Gasteiger partial charge in [0.2, 0.25) is 0 Å². The molecule has 3 heterocycles. The van der Waals surface area contributed by atoms with E-state index in [4.69, 9.17) is 9.15 Å². The zero-order valence-corrected chi connectivity index (χ0v) is 15.8. The van der Waals surface area contributed by atoms with E-state index in [0.717, 1.165) is 55.6 Å². The Bertz CT molecular complexity index is 926. The minimum Gasteiger partial charge on any atom is -0.423 e. The van der Waals surface area contributed by atoms with Gasteiger partial charge in [0, 0.05) is 37.7 Å². The third-order valence-corrected chi connectivity index (χ3v) is 5.63. The van der Waals surface area contributed by atoms with E-state index >= 15 is 0 Å². The van der Waals surface area contributed by atoms with Crippen LogP contribution < -0.4 is 5.63 Å². The second-order valence-electron chi connectivity index (χ2n) is 7.02. The van der Waals surface area contributed by atoms with E-state index < -0.39 is 0 Å². The molecule has 2 aromatic heterocycles. The van der Waals surface area contributed by atoms with E-state index in [0.29, 0.717) is 11.7 Å². The van der Waals surface area contributed by atoms with Crippen LogP contribution in [0.3, 0.4) is 0 Å². The summed E-state index contributed by atoms with van der Waals surface area (Å²) >= 11 is 1.73. The predicted octanol–water partition coefficient (Wildman–Crippen LogP) is 4.34. The molecule has 0 saturated carbocycles. The molecule has 0 radical (unpaired) electrons. The normalized spacial score (nSPS) is 17.4. The predicted molar refractivity (Wildman–Crippen MR) is 105 cm³/mol. The van der Waals surface area contributed by atoms with E-state index in [-0.39, 0.29) is 5.63 Å². The molecule has 26 heavy (non-hydrogen) atoms. The fourth-order valence-corrected chi connectivity index (χ4v) is 4.29. The third-order valence-electron chi connectivity index (χ3n) is 4.89. The van der Waals surface area contributed by atoms with Crippen LogP contribution in [0.4, 0.5) is 0 Å². The zero-order chi connectivity index (χ0) is 17.9. The van der Waals surface area contributed by atoms with Crippen LogP contribution in [0, 0.1) is 6.92 Å². The SMILES string of the molecule is Cc1cc(=O)oc2cc(CN(Cc3ccsc3)C[C@@H]3CCCO3)ccc12. The maximum atomic E-state index is 11.7. The molecule has 0 unspecified atom stereocenters. The molecular weight excluding hydrogens is 346 g/mol. The first-order valence-electron chi connectivity index (χ1n) is 9.06. The summed E-state index contributed by atoms with van der Waals surface area (Å²) in [4.78, 5) is 14.1. The largest absolute Gasteiger partial charge is 0.423 e. The summed E-state index contributed by atoms with van der Waals surface area (Å²) in [6, 6.07) is 9.90. The Morgan fingerprint density at radius 1 is 1.19 bits per heavy atom. The van der Waals surface area contributed by atoms with Crippen molar-refractivity contribution >= 4 is 22.3 Å². The summed E-state index contributed by atoms with van der Waals surface area (Å²) in [7, 11) is 0. The number of benzene rings is 1. The highest BCUT2D eigenvalue weighted by Crippen LogP contribution is 2.21. The number of aryl methyl sites for hydroxylation is 1. The lowest BCUT2D eigenvalue weighted by molar-refractivity contribution is 0.0679. The first kappa shape index (κ1) is 17.5. The van der Waals surface area contributed by atoms with E-state index in [1.165, 1.54) is 5.56 Å². The minimum atomic E-state index is -0.290. The number of ether oxygens (including phenoxy) is 1. The molecule has 0 bridgehead atoms. The molecule has 5 heteroatoms. The summed E-state index contributed by atoms with van der Waals surface area (Å²) < 4.78 is 11.3. The van der Waals surface area contributed by atoms with Gasteiger partial charge in [-0.05, 0) is 59.3 Å². The van der Waals surface area contributed by atoms with Crippen LogP contribution in [0.25, 0.3) is 11.0 Å². The second-order valence-corrected chi connectivity index (χ2v) is 7.80. The van der Waals surface area contributed by atoms with Gasteiger partial charge >= 0.3 is 5.63 Å². The van der Waals surface area contributed by atoms with Crippen molar-refractivity contribution in [3.63, 3.8) is 0 Å². The lowest BCUT2D eigenvalue weighted by Crippen LogP contribution is -2.31. The number of thiophene rings is 1. The molecule has 0 amide bonds. The average molecular weight is 369 g/mol. The van der Waals surface area contributed by atoms with Gasteiger partial charge in [0.1, 0.15) is 5.58 Å². The number of hydrogen-bond acceptors (Lipinski definition) is 5. The first-order chi connectivity index (χ1) is 12.7. The fraction of sp³-hybridized carbons (Fsp3) is 0.381. The van der Waals surface area contributed by atoms with Gasteiger partial charge in [-0.3, -0.25) is 4.90 Å². The van der Waals surface area contributed by atoms with Crippen LogP contribution in [0.15, 0.2) is 50.3 Å². The molecule has 1 aliphatic heterocycles. The summed E-state index contributed by atoms with van der Waals surface area (Å²) in [6.07, 6.45) is 2.60. The molecular formula is C21H23NO3S. The Labute approximate surface area is 157 Å². The number of hydrogen-bond donors (Lipinski definition) is 0. The van der Waals surface area contributed by atoms with E-state index in [1.807, 2.05) is 13.0 Å². The molecule has 0 aliphatic carbocycles. The van der Waals surface area contributed by atoms with Gasteiger partial charge in [-0.1, -0.05) is 12.1 Å². The zero-order valence-electron chi connectivity index (χ0n) is 14.9. The van der Waals surface area contributed by atoms with Crippen LogP contribution in [0.2, 0.25) is 0 Å². The molecule has 3 aromatic rings. The highest BCUT2D eigenvalue weighted by molar-refractivity contribution is 7.07. The lowest BCUT2D eigenvalue weighted by atomic mass is 10.1. The smallest absolute Gasteiger partial charge is 0.336 e. The first-order valence-corrected chi connectivity index (χ1v) is 10.00. The standard InChI is InChI=1S/C21H23NO3S/c1-15-9-21(23)25-20-10-16(4-5-19(15)20)11-22(12-17-6-8-26-14-17)13-18-3-2-7-24-18/h4-6,8-10,14,18H,2-3,7,11-13H2,1H3/t18-/m0/s1. The Kier molecular flexibility index (Phi) is 5.20. The van der Waals surface area contributed by atoms with Crippen LogP contribution >= 0.6 is 11.3 Å². The Morgan fingerprint density at radius 2 is 2.08 bits per heavy atom. The van der Waals surface area contributed by atoms with Gasteiger partial charge in [0.25, 0.3) is 0 Å².